The van der Waals surface area contributed by atoms with E-state index in [2.05, 4.69) is 30.1 Å². The molecule has 1 amide bonds. The fraction of sp³-hybridized carbons (Fsp3) is 0.200. The number of para-hydroxylation sites is 1. The van der Waals surface area contributed by atoms with Gasteiger partial charge in [-0.15, -0.1) is 0 Å². The molecular weight excluding hydrogens is 1210 g/mol. The van der Waals surface area contributed by atoms with Crippen molar-refractivity contribution >= 4 is 90.9 Å². The maximum absolute atomic E-state index is 13.3. The Morgan fingerprint density at radius 2 is 1.53 bits per heavy atom. The van der Waals surface area contributed by atoms with Crippen LogP contribution < -0.4 is 36.8 Å². The number of aryl methyl sites for hydroxylation is 1. The second kappa shape index (κ2) is 26.8. The van der Waals surface area contributed by atoms with Crippen molar-refractivity contribution in [2.24, 2.45) is 16.1 Å². The summed E-state index contributed by atoms with van der Waals surface area (Å²) < 4.78 is 53.4. The molecule has 0 bridgehead atoms. The minimum absolute atomic E-state index is 0.0631. The highest BCUT2D eigenvalue weighted by molar-refractivity contribution is 7.92. The molecule has 6 N–H and O–H groups in total. The number of carboxylic acids is 1. The molecule has 0 saturated carbocycles. The number of H-pyrrole nitrogens is 3. The summed E-state index contributed by atoms with van der Waals surface area (Å²) in [7, 11) is -1.18. The first-order chi connectivity index (χ1) is 44.1. The topological polar surface area (TPSA) is 356 Å². The fourth-order valence-corrected chi connectivity index (χ4v) is 11.5. The molecule has 0 saturated heterocycles. The van der Waals surface area contributed by atoms with Crippen LogP contribution in [-0.2, 0) is 43.5 Å². The summed E-state index contributed by atoms with van der Waals surface area (Å²) in [6.45, 7) is 6.55. The molecule has 26 nitrogen and oxygen atoms in total. The van der Waals surface area contributed by atoms with Gasteiger partial charge in [0, 0.05) is 53.0 Å². The van der Waals surface area contributed by atoms with E-state index in [4.69, 9.17) is 34.0 Å². The van der Waals surface area contributed by atoms with Crippen LogP contribution in [0.3, 0.4) is 0 Å². The van der Waals surface area contributed by atoms with Crippen LogP contribution in [0.2, 0.25) is 0 Å². The SMILES string of the molecule is CC1=c2c([nH]n(-c3ccc(C(=O)O)cc3)c2=O)=NC(=O)C1CC=Cc1c(C)c2c(=O)n(-c3ccc(OCO)cc3)[nH]c2[nH]c1=O.COC(=O)C(C)n1cc(/C=C2\C(=O)ON=C2c2ccc(NS(=O)(=O)c3cccc(C(=O)OCCC(C)OC)c3)cc2)c2ccccc21. The number of hydrogen-bond acceptors (Lipinski definition) is 17. The molecule has 2 aliphatic rings. The first kappa shape index (κ1) is 63.7. The number of methoxy groups -OCH3 is 2. The third kappa shape index (κ3) is 13.1. The molecule has 0 aliphatic carbocycles. The maximum Gasteiger partial charge on any atom is 0.368 e. The molecule has 4 aromatic heterocycles. The Balaban J connectivity index is 0.000000202. The summed E-state index contributed by atoms with van der Waals surface area (Å²) in [5.41, 5.74) is 3.94. The van der Waals surface area contributed by atoms with Crippen LogP contribution in [0.15, 0.2) is 169 Å². The Hall–Kier alpha value is -11.3. The van der Waals surface area contributed by atoms with Gasteiger partial charge in [0.1, 0.15) is 23.2 Å². The highest BCUT2D eigenvalue weighted by Crippen LogP contribution is 2.31. The molecule has 9 aromatic rings. The number of anilines is 1. The van der Waals surface area contributed by atoms with E-state index in [0.717, 1.165) is 10.9 Å². The van der Waals surface area contributed by atoms with E-state index in [1.807, 2.05) is 31.2 Å². The van der Waals surface area contributed by atoms with E-state index in [1.54, 1.807) is 93.3 Å². The number of nitrogens with zero attached hydrogens (tertiary/aromatic N) is 5. The number of aromatic nitrogens is 6. The number of carbonyl (C=O) groups excluding carboxylic acids is 4. The number of fused-ring (bicyclic) bond motifs is 3. The Bertz CT molecular complexity index is 4950. The summed E-state index contributed by atoms with van der Waals surface area (Å²) in [5, 5.41) is 29.1. The molecule has 5 aromatic carbocycles. The van der Waals surface area contributed by atoms with E-state index in [9.17, 15) is 46.8 Å². The van der Waals surface area contributed by atoms with Gasteiger partial charge in [0.25, 0.3) is 32.6 Å². The zero-order chi connectivity index (χ0) is 65.7. The summed E-state index contributed by atoms with van der Waals surface area (Å²) in [6, 6.07) is 30.8. The number of aromatic amines is 3. The number of benzene rings is 5. The fourth-order valence-electron chi connectivity index (χ4n) is 10.4. The normalized spacial score (nSPS) is 14.9. The number of ether oxygens (including phenoxy) is 4. The number of oxime groups is 1. The lowest BCUT2D eigenvalue weighted by Gasteiger charge is -2.13. The van der Waals surface area contributed by atoms with E-state index >= 15 is 0 Å². The molecule has 11 rings (SSSR count). The van der Waals surface area contributed by atoms with Gasteiger partial charge in [-0.1, -0.05) is 53.7 Å². The quantitative estimate of drug-likeness (QED) is 0.0221. The number of aliphatic hydroxyl groups is 1. The average Bonchev–Trinajstić information content (AvgIpc) is 1.63. The van der Waals surface area contributed by atoms with Crippen molar-refractivity contribution in [3.63, 3.8) is 0 Å². The van der Waals surface area contributed by atoms with Crippen molar-refractivity contribution in [1.29, 1.82) is 0 Å². The Morgan fingerprint density at radius 1 is 0.837 bits per heavy atom. The number of carboxylic acid groups (broad SMARTS) is 1. The molecule has 472 valence electrons. The van der Waals surface area contributed by atoms with Crippen LogP contribution in [0, 0.1) is 12.8 Å². The monoisotopic (exact) mass is 1270 g/mol. The van der Waals surface area contributed by atoms with Crippen molar-refractivity contribution in [2.45, 2.75) is 57.6 Å². The van der Waals surface area contributed by atoms with Crippen LogP contribution in [0.5, 0.6) is 5.75 Å². The van der Waals surface area contributed by atoms with Crippen molar-refractivity contribution in [3.8, 4) is 17.1 Å². The van der Waals surface area contributed by atoms with Crippen molar-refractivity contribution < 1.29 is 66.4 Å². The summed E-state index contributed by atoms with van der Waals surface area (Å²) >= 11 is 0. The predicted octanol–water partition coefficient (Wildman–Crippen LogP) is 5.97. The first-order valence-corrected chi connectivity index (χ1v) is 29.9. The molecule has 0 radical (unpaired) electrons. The van der Waals surface area contributed by atoms with Crippen molar-refractivity contribution in [2.75, 3.05) is 32.3 Å². The van der Waals surface area contributed by atoms with Crippen LogP contribution in [0.25, 0.3) is 51.0 Å². The van der Waals surface area contributed by atoms with Crippen molar-refractivity contribution in [1.82, 2.24) is 29.1 Å². The molecule has 3 atom stereocenters. The molecule has 3 unspecified atom stereocenters. The van der Waals surface area contributed by atoms with E-state index in [0.29, 0.717) is 45.8 Å². The molecule has 92 heavy (non-hydrogen) atoms. The van der Waals surface area contributed by atoms with E-state index in [-0.39, 0.29) is 85.0 Å². The molecule has 0 fully saturated rings. The lowest BCUT2D eigenvalue weighted by Crippen LogP contribution is -2.42. The van der Waals surface area contributed by atoms with Crippen LogP contribution in [-0.4, -0.2) is 117 Å². The second-order valence-electron chi connectivity index (χ2n) is 21.2. The minimum Gasteiger partial charge on any atom is -0.478 e. The van der Waals surface area contributed by atoms with Gasteiger partial charge >= 0.3 is 23.9 Å². The third-order valence-corrected chi connectivity index (χ3v) is 16.9. The maximum atomic E-state index is 13.3. The van der Waals surface area contributed by atoms with Crippen LogP contribution in [0.4, 0.5) is 5.69 Å². The average molecular weight is 1270 g/mol. The molecular formula is C65H59N9O17S. The van der Waals surface area contributed by atoms with Gasteiger partial charge in [-0.25, -0.2) is 37.0 Å². The number of allylic oxidation sites excluding steroid dienone is 1. The number of pyridine rings is 1. The first-order valence-electron chi connectivity index (χ1n) is 28.4. The molecule has 27 heteroatoms. The van der Waals surface area contributed by atoms with Crippen molar-refractivity contribution in [3.05, 3.63) is 214 Å². The highest BCUT2D eigenvalue weighted by atomic mass is 32.2. The zero-order valence-corrected chi connectivity index (χ0v) is 50.9. The van der Waals surface area contributed by atoms with Crippen LogP contribution >= 0.6 is 0 Å². The number of esters is 2. The number of nitrogens with one attached hydrogen (secondary N) is 4. The summed E-state index contributed by atoms with van der Waals surface area (Å²) in [6.07, 6.45) is 7.14. The zero-order valence-electron chi connectivity index (χ0n) is 50.1. The number of aromatic carboxylic acids is 1. The number of carbonyl (C=O) groups is 5. The van der Waals surface area contributed by atoms with Gasteiger partial charge in [-0.05, 0) is 136 Å². The van der Waals surface area contributed by atoms with Gasteiger partial charge < -0.3 is 43.5 Å². The van der Waals surface area contributed by atoms with E-state index in [1.165, 1.54) is 77.1 Å². The number of rotatable bonds is 20. The Kier molecular flexibility index (Phi) is 18.6. The molecule has 6 heterocycles. The second-order valence-corrected chi connectivity index (χ2v) is 22.9. The lowest BCUT2D eigenvalue weighted by atomic mass is 9.92. The number of sulfonamides is 1. The molecule has 0 spiro atoms. The standard InChI is InChI=1S/C34H33N3O9S.C31H26N6O8/c1-21(43-3)16-17-45-33(39)24-8-7-9-27(18-24)47(41,42)36-26-14-12-23(13-15-26)31-29(34(40)46-35-31)19-25-20-37(22(2)32(38)44-4)30-11-6-5-10-28(25)30;1-15-21(27(39)32-25-23(15)29(41)36(34-25)18-8-6-17(7-9-18)31(43)44)4-3-5-22-16(2)24-26(33-28(22)40)35-37(30(24)42)19-10-12-20(13-11-19)45-14-38/h5-15,18-22,36H,16-17H2,1-4H3;3,5-13,21,38H,4,14H2,1-2H3,(H,43,44)(H,32,34,39)(H2,33,35,40)/b29-19-;. The third-order valence-electron chi connectivity index (χ3n) is 15.5. The Labute approximate surface area is 521 Å². The molecule has 2 aliphatic heterocycles. The lowest BCUT2D eigenvalue weighted by molar-refractivity contribution is -0.144. The highest BCUT2D eigenvalue weighted by Gasteiger charge is 2.30. The van der Waals surface area contributed by atoms with E-state index < -0.39 is 69.7 Å². The van der Waals surface area contributed by atoms with Gasteiger partial charge in [0.2, 0.25) is 0 Å². The predicted molar refractivity (Wildman–Crippen MR) is 337 cm³/mol. The van der Waals surface area contributed by atoms with Gasteiger partial charge in [0.15, 0.2) is 12.3 Å². The Morgan fingerprint density at radius 3 is 2.22 bits per heavy atom. The van der Waals surface area contributed by atoms with Gasteiger partial charge in [-0.2, -0.15) is 4.99 Å². The number of hydrogen-bond donors (Lipinski definition) is 6. The number of amides is 1. The van der Waals surface area contributed by atoms with Crippen LogP contribution in [0.1, 0.15) is 82.6 Å². The largest absolute Gasteiger partial charge is 0.478 e. The number of aliphatic hydroxyl groups excluding tert-OH is 1. The summed E-state index contributed by atoms with van der Waals surface area (Å²) in [4.78, 5) is 113. The smallest absolute Gasteiger partial charge is 0.368 e. The minimum atomic E-state index is -4.07. The van der Waals surface area contributed by atoms with Gasteiger partial charge in [0.05, 0.1) is 69.3 Å². The summed E-state index contributed by atoms with van der Waals surface area (Å²) in [5.74, 6) is -3.62. The van der Waals surface area contributed by atoms with Gasteiger partial charge in [-0.3, -0.25) is 34.1 Å².